The highest BCUT2D eigenvalue weighted by Crippen LogP contribution is 2.52. The van der Waals surface area contributed by atoms with Gasteiger partial charge in [-0.2, -0.15) is 0 Å². The highest BCUT2D eigenvalue weighted by molar-refractivity contribution is 6.32. The van der Waals surface area contributed by atoms with Crippen molar-refractivity contribution in [2.24, 2.45) is 29.4 Å². The number of rotatable bonds is 5. The van der Waals surface area contributed by atoms with Gasteiger partial charge >= 0.3 is 0 Å². The molecular formula is C29H38N4O7. The van der Waals surface area contributed by atoms with Gasteiger partial charge in [-0.15, -0.1) is 0 Å². The predicted octanol–water partition coefficient (Wildman–Crippen LogP) is -0.0811. The number of aliphatic hydroxyl groups is 1. The summed E-state index contributed by atoms with van der Waals surface area (Å²) in [4.78, 5) is 72.6. The molecule has 1 aromatic carbocycles. The van der Waals surface area contributed by atoms with E-state index in [2.05, 4.69) is 4.90 Å². The maximum Gasteiger partial charge on any atom is 0.235 e. The van der Waals surface area contributed by atoms with Crippen LogP contribution < -0.4 is 10.6 Å². The van der Waals surface area contributed by atoms with Crippen molar-refractivity contribution < 1.29 is 34.2 Å². The second-order valence-electron chi connectivity index (χ2n) is 12.3. The molecule has 11 heteroatoms. The molecule has 0 bridgehead atoms. The van der Waals surface area contributed by atoms with E-state index in [0.717, 1.165) is 38.0 Å². The third-order valence-electron chi connectivity index (χ3n) is 9.44. The van der Waals surface area contributed by atoms with Crippen molar-refractivity contribution in [1.29, 1.82) is 0 Å². The van der Waals surface area contributed by atoms with Gasteiger partial charge < -0.3 is 20.8 Å². The second kappa shape index (κ2) is 10.0. The molecule has 1 aromatic rings. The number of hydrogen-bond acceptors (Lipinski definition) is 10. The molecule has 1 heterocycles. The summed E-state index contributed by atoms with van der Waals surface area (Å²) in [6, 6.07) is 0.778. The number of Topliss-reactive ketones (excluding diaryl/α,β-unsaturated/α-hetero) is 4. The predicted molar refractivity (Wildman–Crippen MR) is 145 cm³/mol. The molecule has 4 aliphatic rings. The molecule has 5 rings (SSSR count). The van der Waals surface area contributed by atoms with Gasteiger partial charge in [0.25, 0.3) is 0 Å². The fourth-order valence-corrected chi connectivity index (χ4v) is 7.58. The Kier molecular flexibility index (Phi) is 7.12. The van der Waals surface area contributed by atoms with Crippen molar-refractivity contribution in [1.82, 2.24) is 9.80 Å². The summed E-state index contributed by atoms with van der Waals surface area (Å²) in [5, 5.41) is 23.2. The molecule has 2 saturated carbocycles. The number of benzene rings is 1. The number of aromatic hydroxyl groups is 1. The van der Waals surface area contributed by atoms with Gasteiger partial charge in [-0.1, -0.05) is 6.42 Å². The third kappa shape index (κ3) is 4.09. The molecule has 1 aliphatic heterocycles. The number of anilines is 1. The monoisotopic (exact) mass is 554 g/mol. The molecule has 1 saturated heterocycles. The van der Waals surface area contributed by atoms with E-state index < -0.39 is 64.4 Å². The first-order chi connectivity index (χ1) is 18.8. The lowest BCUT2D eigenvalue weighted by Gasteiger charge is -2.52. The number of primary amides is 1. The lowest BCUT2D eigenvalue weighted by atomic mass is 9.52. The van der Waals surface area contributed by atoms with Gasteiger partial charge in [-0.3, -0.25) is 33.8 Å². The molecule has 3 aliphatic carbocycles. The Bertz CT molecular complexity index is 1300. The lowest BCUT2D eigenvalue weighted by molar-refractivity contribution is -0.181. The molecule has 40 heavy (non-hydrogen) atoms. The van der Waals surface area contributed by atoms with Crippen LogP contribution in [0.1, 0.15) is 47.2 Å². The Morgan fingerprint density at radius 2 is 1.73 bits per heavy atom. The topological polar surface area (TPSA) is 162 Å². The molecule has 1 amide bonds. The number of hydrogen-bond donors (Lipinski definition) is 3. The first-order valence-corrected chi connectivity index (χ1v) is 13.9. The minimum absolute atomic E-state index is 0.0348. The van der Waals surface area contributed by atoms with E-state index in [4.69, 9.17) is 5.73 Å². The van der Waals surface area contributed by atoms with Crippen LogP contribution in [0.5, 0.6) is 5.75 Å². The summed E-state index contributed by atoms with van der Waals surface area (Å²) in [6.45, 7) is 2.22. The number of nitrogens with two attached hydrogens (primary N) is 1. The minimum Gasteiger partial charge on any atom is -0.507 e. The quantitative estimate of drug-likeness (QED) is 0.420. The van der Waals surface area contributed by atoms with Gasteiger partial charge in [0.15, 0.2) is 34.7 Å². The minimum atomic E-state index is -2.72. The Morgan fingerprint density at radius 1 is 1.07 bits per heavy atom. The lowest BCUT2D eigenvalue weighted by Crippen LogP contribution is -2.74. The smallest absolute Gasteiger partial charge is 0.235 e. The van der Waals surface area contributed by atoms with Crippen molar-refractivity contribution in [3.63, 3.8) is 0 Å². The highest BCUT2D eigenvalue weighted by Gasteiger charge is 2.69. The van der Waals surface area contributed by atoms with Crippen molar-refractivity contribution in [2.75, 3.05) is 46.2 Å². The Labute approximate surface area is 233 Å². The van der Waals surface area contributed by atoms with Gasteiger partial charge in [0.2, 0.25) is 5.91 Å². The molecule has 0 spiro atoms. The van der Waals surface area contributed by atoms with Crippen LogP contribution in [0.2, 0.25) is 0 Å². The number of carbonyl (C=O) groups excluding carboxylic acids is 5. The highest BCUT2D eigenvalue weighted by atomic mass is 16.3. The average Bonchev–Trinajstić information content (AvgIpc) is 2.87. The number of likely N-dealkylation sites (tertiary alicyclic amines) is 1. The summed E-state index contributed by atoms with van der Waals surface area (Å²) in [7, 11) is 6.84. The van der Waals surface area contributed by atoms with Crippen LogP contribution in [0, 0.1) is 23.7 Å². The SMILES string of the molecule is CN(C)c1cc(CN2CCCCC2)c(O)c2c1C[C@H]1C[C@H]3[C@H](N(C)C)C(=O)C(C(N)=O)C(=O)[C@@]3(O)C(=O)C1C2=O. The van der Waals surface area contributed by atoms with Gasteiger partial charge in [-0.25, -0.2) is 0 Å². The first kappa shape index (κ1) is 28.4. The third-order valence-corrected chi connectivity index (χ3v) is 9.44. The van der Waals surface area contributed by atoms with E-state index in [1.807, 2.05) is 25.1 Å². The number of phenols is 1. The summed E-state index contributed by atoms with van der Waals surface area (Å²) in [5.41, 5.74) is 4.66. The van der Waals surface area contributed by atoms with E-state index in [9.17, 15) is 34.2 Å². The zero-order valence-corrected chi connectivity index (χ0v) is 23.5. The fraction of sp³-hybridized carbons (Fsp3) is 0.621. The molecule has 0 aromatic heterocycles. The number of ketones is 4. The Balaban J connectivity index is 1.61. The van der Waals surface area contributed by atoms with Crippen LogP contribution in [-0.4, -0.2) is 102 Å². The number of piperidine rings is 1. The van der Waals surface area contributed by atoms with E-state index >= 15 is 0 Å². The van der Waals surface area contributed by atoms with Crippen LogP contribution in [0.3, 0.4) is 0 Å². The molecule has 216 valence electrons. The van der Waals surface area contributed by atoms with E-state index in [1.54, 1.807) is 14.1 Å². The average molecular weight is 555 g/mol. The maximum absolute atomic E-state index is 14.1. The molecule has 6 atom stereocenters. The summed E-state index contributed by atoms with van der Waals surface area (Å²) < 4.78 is 0. The normalized spacial score (nSPS) is 32.5. The maximum atomic E-state index is 14.1. The molecular weight excluding hydrogens is 516 g/mol. The van der Waals surface area contributed by atoms with Crippen molar-refractivity contribution in [2.45, 2.75) is 50.3 Å². The van der Waals surface area contributed by atoms with Crippen LogP contribution in [-0.2, 0) is 32.1 Å². The number of likely N-dealkylation sites (N-methyl/N-ethyl adjacent to an activating group) is 1. The van der Waals surface area contributed by atoms with Gasteiger partial charge in [0.05, 0.1) is 17.5 Å². The van der Waals surface area contributed by atoms with Crippen molar-refractivity contribution in [3.05, 3.63) is 22.8 Å². The second-order valence-corrected chi connectivity index (χ2v) is 12.3. The Hall–Kier alpha value is -3.15. The van der Waals surface area contributed by atoms with Crippen molar-refractivity contribution >= 4 is 34.7 Å². The molecule has 0 radical (unpaired) electrons. The largest absolute Gasteiger partial charge is 0.507 e. The first-order valence-electron chi connectivity index (χ1n) is 13.9. The van der Waals surface area contributed by atoms with Crippen LogP contribution in [0.25, 0.3) is 0 Å². The summed E-state index contributed by atoms with van der Waals surface area (Å²) in [6.07, 6.45) is 3.54. The van der Waals surface area contributed by atoms with Gasteiger partial charge in [0, 0.05) is 37.8 Å². The number of fused-ring (bicyclic) bond motifs is 3. The summed E-state index contributed by atoms with van der Waals surface area (Å²) >= 11 is 0. The summed E-state index contributed by atoms with van der Waals surface area (Å²) in [5.74, 6) is -10.2. The van der Waals surface area contributed by atoms with Crippen LogP contribution in [0.15, 0.2) is 6.07 Å². The van der Waals surface area contributed by atoms with E-state index in [-0.39, 0.29) is 24.2 Å². The zero-order valence-electron chi connectivity index (χ0n) is 23.5. The van der Waals surface area contributed by atoms with E-state index in [0.29, 0.717) is 17.7 Å². The number of nitrogens with zero attached hydrogens (tertiary/aromatic N) is 3. The molecule has 3 fully saturated rings. The van der Waals surface area contributed by atoms with Crippen molar-refractivity contribution in [3.8, 4) is 5.75 Å². The number of phenolic OH excluding ortho intramolecular Hbond substituents is 1. The molecule has 4 N–H and O–H groups in total. The zero-order chi connectivity index (χ0) is 29.3. The fourth-order valence-electron chi connectivity index (χ4n) is 7.58. The Morgan fingerprint density at radius 3 is 2.30 bits per heavy atom. The van der Waals surface area contributed by atoms with Gasteiger partial charge in [0.1, 0.15) is 5.75 Å². The van der Waals surface area contributed by atoms with Crippen LogP contribution >= 0.6 is 0 Å². The number of amides is 1. The number of carbonyl (C=O) groups is 5. The molecule has 2 unspecified atom stereocenters. The molecule has 11 nitrogen and oxygen atoms in total. The van der Waals surface area contributed by atoms with E-state index in [1.165, 1.54) is 4.90 Å². The van der Waals surface area contributed by atoms with Crippen LogP contribution in [0.4, 0.5) is 5.69 Å². The standard InChI is InChI=1S/C29H38N4O7/c1-31(2)18-12-15(13-33-8-6-5-7-9-33)23(34)20-16(18)10-14-11-17-22(32(3)4)25(36)21(28(30)39)27(38)29(17,40)26(37)19(14)24(20)35/h12,14,17,19,21-22,34,40H,5-11,13H2,1-4H3,(H2,30,39)/t14-,17-,19?,21?,22-,29-/m0/s1. The van der Waals surface area contributed by atoms with Gasteiger partial charge in [-0.05, 0) is 70.4 Å².